The molecule has 1 atom stereocenters. The third-order valence-corrected chi connectivity index (χ3v) is 5.27. The van der Waals surface area contributed by atoms with Gasteiger partial charge in [0, 0.05) is 18.7 Å². The highest BCUT2D eigenvalue weighted by Crippen LogP contribution is 2.27. The second kappa shape index (κ2) is 8.99. The van der Waals surface area contributed by atoms with Crippen LogP contribution >= 0.6 is 0 Å². The van der Waals surface area contributed by atoms with E-state index in [0.717, 1.165) is 22.6 Å². The van der Waals surface area contributed by atoms with Gasteiger partial charge < -0.3 is 19.7 Å². The first-order valence-electron chi connectivity index (χ1n) is 9.83. The van der Waals surface area contributed by atoms with Crippen LogP contribution in [0.2, 0.25) is 0 Å². The van der Waals surface area contributed by atoms with Gasteiger partial charge in [0.25, 0.3) is 5.91 Å². The molecule has 3 rings (SSSR count). The fourth-order valence-electron chi connectivity index (χ4n) is 3.81. The van der Waals surface area contributed by atoms with Crippen molar-refractivity contribution in [2.45, 2.75) is 32.9 Å². The van der Waals surface area contributed by atoms with Gasteiger partial charge in [-0.3, -0.25) is 9.59 Å². The van der Waals surface area contributed by atoms with Gasteiger partial charge in [0.15, 0.2) is 0 Å². The molecular weight excluding hydrogens is 368 g/mol. The molecule has 0 aliphatic carbocycles. The van der Waals surface area contributed by atoms with E-state index in [-0.39, 0.29) is 17.7 Å². The zero-order chi connectivity index (χ0) is 21.0. The molecule has 0 aromatic heterocycles. The van der Waals surface area contributed by atoms with Gasteiger partial charge in [0.1, 0.15) is 17.5 Å². The number of ether oxygens (including phenoxy) is 2. The van der Waals surface area contributed by atoms with E-state index in [1.54, 1.807) is 19.1 Å². The lowest BCUT2D eigenvalue weighted by molar-refractivity contribution is -0.127. The van der Waals surface area contributed by atoms with Crippen LogP contribution in [0.5, 0.6) is 11.5 Å². The van der Waals surface area contributed by atoms with Gasteiger partial charge in [-0.05, 0) is 47.7 Å². The minimum atomic E-state index is -0.512. The van der Waals surface area contributed by atoms with Crippen LogP contribution in [-0.4, -0.2) is 43.5 Å². The largest absolute Gasteiger partial charge is 0.497 e. The van der Waals surface area contributed by atoms with Crippen LogP contribution in [0.1, 0.15) is 35.3 Å². The lowest BCUT2D eigenvalue weighted by Crippen LogP contribution is -2.50. The van der Waals surface area contributed by atoms with Crippen molar-refractivity contribution in [3.8, 4) is 11.5 Å². The first-order chi connectivity index (χ1) is 14.0. The Balaban J connectivity index is 1.67. The zero-order valence-corrected chi connectivity index (χ0v) is 17.4. The SMILES string of the molecule is COc1ccc(OC)c(CCNC(=O)C(C(C)C)N2Cc3ccccc3C2=O)c1. The van der Waals surface area contributed by atoms with Crippen molar-refractivity contribution in [3.05, 3.63) is 59.2 Å². The lowest BCUT2D eigenvalue weighted by atomic mass is 10.0. The molecule has 1 N–H and O–H groups in total. The average molecular weight is 396 g/mol. The summed E-state index contributed by atoms with van der Waals surface area (Å²) in [5, 5.41) is 3.00. The van der Waals surface area contributed by atoms with Gasteiger partial charge in [-0.15, -0.1) is 0 Å². The standard InChI is InChI=1S/C23H28N2O4/c1-15(2)21(25-14-17-7-5-6-8-19(17)23(25)27)22(26)24-12-11-16-13-18(28-3)9-10-20(16)29-4/h5-10,13,15,21H,11-12,14H2,1-4H3,(H,24,26). The maximum absolute atomic E-state index is 13.0. The molecule has 0 saturated carbocycles. The fraction of sp³-hybridized carbons (Fsp3) is 0.391. The number of fused-ring (bicyclic) bond motifs is 1. The van der Waals surface area contributed by atoms with Crippen molar-refractivity contribution in [3.63, 3.8) is 0 Å². The molecule has 2 aromatic carbocycles. The molecule has 1 unspecified atom stereocenters. The summed E-state index contributed by atoms with van der Waals surface area (Å²) in [5.41, 5.74) is 2.61. The maximum atomic E-state index is 13.0. The smallest absolute Gasteiger partial charge is 0.255 e. The minimum absolute atomic E-state index is 0.000354. The molecule has 0 spiro atoms. The van der Waals surface area contributed by atoms with Crippen molar-refractivity contribution < 1.29 is 19.1 Å². The number of carbonyl (C=O) groups is 2. The van der Waals surface area contributed by atoms with Crippen molar-refractivity contribution in [1.82, 2.24) is 10.2 Å². The predicted molar refractivity (Wildman–Crippen MR) is 111 cm³/mol. The number of amides is 2. The van der Waals surface area contributed by atoms with E-state index in [1.807, 2.05) is 56.3 Å². The van der Waals surface area contributed by atoms with Crippen LogP contribution in [0.25, 0.3) is 0 Å². The summed E-state index contributed by atoms with van der Waals surface area (Å²) in [7, 11) is 3.24. The van der Waals surface area contributed by atoms with Crippen LogP contribution in [0.15, 0.2) is 42.5 Å². The molecule has 154 valence electrons. The molecular formula is C23H28N2O4. The summed E-state index contributed by atoms with van der Waals surface area (Å²) in [4.78, 5) is 27.5. The molecule has 2 aromatic rings. The van der Waals surface area contributed by atoms with Crippen LogP contribution < -0.4 is 14.8 Å². The highest BCUT2D eigenvalue weighted by molar-refractivity contribution is 6.01. The van der Waals surface area contributed by atoms with Gasteiger partial charge in [0.2, 0.25) is 5.91 Å². The lowest BCUT2D eigenvalue weighted by Gasteiger charge is -2.30. The molecule has 0 fully saturated rings. The molecule has 0 saturated heterocycles. The molecule has 29 heavy (non-hydrogen) atoms. The molecule has 1 aliphatic rings. The van der Waals surface area contributed by atoms with Crippen molar-refractivity contribution in [2.24, 2.45) is 5.92 Å². The first kappa shape index (κ1) is 20.7. The number of nitrogens with zero attached hydrogens (tertiary/aromatic N) is 1. The van der Waals surface area contributed by atoms with E-state index in [1.165, 1.54) is 0 Å². The number of hydrogen-bond acceptors (Lipinski definition) is 4. The van der Waals surface area contributed by atoms with Gasteiger partial charge in [0.05, 0.1) is 14.2 Å². The van der Waals surface area contributed by atoms with Crippen LogP contribution in [0, 0.1) is 5.92 Å². The Kier molecular flexibility index (Phi) is 6.42. The summed E-state index contributed by atoms with van der Waals surface area (Å²) >= 11 is 0. The van der Waals surface area contributed by atoms with E-state index >= 15 is 0 Å². The average Bonchev–Trinajstić information content (AvgIpc) is 3.04. The second-order valence-corrected chi connectivity index (χ2v) is 7.50. The summed E-state index contributed by atoms with van der Waals surface area (Å²) in [5.74, 6) is 1.28. The Labute approximate surface area is 171 Å². The number of rotatable bonds is 8. The topological polar surface area (TPSA) is 67.9 Å². The number of benzene rings is 2. The van der Waals surface area contributed by atoms with E-state index in [2.05, 4.69) is 5.32 Å². The Morgan fingerprint density at radius 2 is 1.90 bits per heavy atom. The van der Waals surface area contributed by atoms with Crippen molar-refractivity contribution >= 4 is 11.8 Å². The Morgan fingerprint density at radius 3 is 2.55 bits per heavy atom. The van der Waals surface area contributed by atoms with Crippen LogP contribution in [0.4, 0.5) is 0 Å². The molecule has 1 heterocycles. The first-order valence-corrected chi connectivity index (χ1v) is 9.83. The van der Waals surface area contributed by atoms with E-state index in [9.17, 15) is 9.59 Å². The normalized spacial score (nSPS) is 14.0. The molecule has 2 amide bonds. The van der Waals surface area contributed by atoms with Gasteiger partial charge >= 0.3 is 0 Å². The van der Waals surface area contributed by atoms with Crippen molar-refractivity contribution in [1.29, 1.82) is 0 Å². The van der Waals surface area contributed by atoms with E-state index in [4.69, 9.17) is 9.47 Å². The van der Waals surface area contributed by atoms with Crippen LogP contribution in [-0.2, 0) is 17.8 Å². The monoisotopic (exact) mass is 396 g/mol. The van der Waals surface area contributed by atoms with Gasteiger partial charge in [-0.2, -0.15) is 0 Å². The number of nitrogens with one attached hydrogen (secondary N) is 1. The predicted octanol–water partition coefficient (Wildman–Crippen LogP) is 3.04. The number of carbonyl (C=O) groups excluding carboxylic acids is 2. The third kappa shape index (κ3) is 4.36. The van der Waals surface area contributed by atoms with Gasteiger partial charge in [-0.1, -0.05) is 32.0 Å². The molecule has 6 heteroatoms. The van der Waals surface area contributed by atoms with E-state index < -0.39 is 6.04 Å². The quantitative estimate of drug-likeness (QED) is 0.745. The highest BCUT2D eigenvalue weighted by Gasteiger charge is 2.37. The second-order valence-electron chi connectivity index (χ2n) is 7.50. The Morgan fingerprint density at radius 1 is 1.14 bits per heavy atom. The van der Waals surface area contributed by atoms with Crippen LogP contribution in [0.3, 0.4) is 0 Å². The molecule has 0 bridgehead atoms. The molecule has 0 radical (unpaired) electrons. The third-order valence-electron chi connectivity index (χ3n) is 5.27. The van der Waals surface area contributed by atoms with E-state index in [0.29, 0.717) is 25.1 Å². The summed E-state index contributed by atoms with van der Waals surface area (Å²) in [6.07, 6.45) is 0.602. The highest BCUT2D eigenvalue weighted by atomic mass is 16.5. The molecule has 6 nitrogen and oxygen atoms in total. The number of hydrogen-bond donors (Lipinski definition) is 1. The Bertz CT molecular complexity index is 894. The van der Waals surface area contributed by atoms with Gasteiger partial charge in [-0.25, -0.2) is 0 Å². The maximum Gasteiger partial charge on any atom is 0.255 e. The summed E-state index contributed by atoms with van der Waals surface area (Å²) in [6, 6.07) is 12.6. The fourth-order valence-corrected chi connectivity index (χ4v) is 3.81. The summed E-state index contributed by atoms with van der Waals surface area (Å²) in [6.45, 7) is 4.84. The minimum Gasteiger partial charge on any atom is -0.497 e. The Hall–Kier alpha value is -3.02. The van der Waals surface area contributed by atoms with Crippen molar-refractivity contribution in [2.75, 3.05) is 20.8 Å². The summed E-state index contributed by atoms with van der Waals surface area (Å²) < 4.78 is 10.7. The zero-order valence-electron chi connectivity index (χ0n) is 17.4. The number of methoxy groups -OCH3 is 2. The molecule has 1 aliphatic heterocycles.